The number of amides is 4. The summed E-state index contributed by atoms with van der Waals surface area (Å²) in [5.41, 5.74) is 6.70. The Morgan fingerprint density at radius 3 is 2.48 bits per heavy atom. The second-order valence-electron chi connectivity index (χ2n) is 18.0. The van der Waals surface area contributed by atoms with Crippen LogP contribution < -0.4 is 21.2 Å². The number of likely N-dealkylation sites (tertiary alicyclic amines) is 1. The van der Waals surface area contributed by atoms with Crippen LogP contribution in [0.5, 0.6) is 0 Å². The molecule has 4 aliphatic heterocycles. The molecule has 344 valence electrons. The Balaban J connectivity index is 0.804. The average Bonchev–Trinajstić information content (AvgIpc) is 3.98. The van der Waals surface area contributed by atoms with Gasteiger partial charge in [0.1, 0.15) is 6.04 Å². The molecule has 65 heavy (non-hydrogen) atoms. The highest BCUT2D eigenvalue weighted by Gasteiger charge is 2.36. The number of nitrogens with zero attached hydrogens (tertiary/aromatic N) is 9. The minimum absolute atomic E-state index is 0.0126. The zero-order valence-electron chi connectivity index (χ0n) is 37.3. The second kappa shape index (κ2) is 18.3. The van der Waals surface area contributed by atoms with Crippen molar-refractivity contribution in [2.45, 2.75) is 109 Å². The Bertz CT molecular complexity index is 2710. The summed E-state index contributed by atoms with van der Waals surface area (Å²) in [5.74, 6) is 0.0759. The maximum Gasteiger partial charge on any atom is 0.329 e. The van der Waals surface area contributed by atoms with Gasteiger partial charge in [0.05, 0.1) is 35.5 Å². The number of benzene rings is 2. The van der Waals surface area contributed by atoms with Crippen LogP contribution in [-0.4, -0.2) is 94.8 Å². The Labute approximate surface area is 375 Å². The Hall–Kier alpha value is -6.33. The van der Waals surface area contributed by atoms with Crippen LogP contribution in [0.3, 0.4) is 0 Å². The molecular weight excluding hydrogens is 837 g/mol. The van der Waals surface area contributed by atoms with E-state index in [-0.39, 0.29) is 47.9 Å². The molecule has 18 heteroatoms. The largest absolute Gasteiger partial charge is 0.383 e. The van der Waals surface area contributed by atoms with E-state index in [9.17, 15) is 32.8 Å². The van der Waals surface area contributed by atoms with Crippen molar-refractivity contribution in [1.29, 1.82) is 0 Å². The number of rotatable bonds is 13. The molecule has 3 aromatic heterocycles. The first-order valence-corrected chi connectivity index (χ1v) is 23.0. The molecule has 7 heterocycles. The number of imidazole rings is 1. The highest BCUT2D eigenvalue weighted by Crippen LogP contribution is 2.44. The summed E-state index contributed by atoms with van der Waals surface area (Å²) in [4.78, 5) is 69.5. The molecule has 0 aliphatic carbocycles. The number of hydrogen-bond acceptors (Lipinski definition) is 9. The highest BCUT2D eigenvalue weighted by atomic mass is 19.3. The first-order chi connectivity index (χ1) is 31.4. The molecule has 2 aromatic carbocycles. The lowest BCUT2D eigenvalue weighted by atomic mass is 9.92. The summed E-state index contributed by atoms with van der Waals surface area (Å²) in [6.45, 7) is 5.11. The molecule has 2 saturated heterocycles. The Morgan fingerprint density at radius 2 is 1.74 bits per heavy atom. The molecule has 1 unspecified atom stereocenters. The first kappa shape index (κ1) is 43.9. The predicted molar refractivity (Wildman–Crippen MR) is 241 cm³/mol. The van der Waals surface area contributed by atoms with E-state index in [1.54, 1.807) is 48.7 Å². The lowest BCUT2D eigenvalue weighted by molar-refractivity contribution is -0.136. The number of alkyl halides is 2. The maximum absolute atomic E-state index is 14.7. The molecule has 1 atom stereocenters. The quantitative estimate of drug-likeness (QED) is 0.106. The zero-order valence-corrected chi connectivity index (χ0v) is 37.3. The van der Waals surface area contributed by atoms with Crippen molar-refractivity contribution < 1.29 is 28.0 Å². The van der Waals surface area contributed by atoms with E-state index in [2.05, 4.69) is 25.3 Å². The number of imide groups is 1. The molecule has 4 amide bonds. The van der Waals surface area contributed by atoms with Gasteiger partial charge in [-0.2, -0.15) is 10.2 Å². The Morgan fingerprint density at radius 1 is 0.938 bits per heavy atom. The van der Waals surface area contributed by atoms with Crippen molar-refractivity contribution in [3.8, 4) is 11.1 Å². The fourth-order valence-corrected chi connectivity index (χ4v) is 10.4. The maximum atomic E-state index is 14.7. The fraction of sp³-hybridized carbons (Fsp3) is 0.511. The van der Waals surface area contributed by atoms with Gasteiger partial charge in [-0.3, -0.25) is 43.0 Å². The smallest absolute Gasteiger partial charge is 0.329 e. The van der Waals surface area contributed by atoms with Crippen LogP contribution in [0, 0.1) is 0 Å². The molecule has 16 nitrogen and oxygen atoms in total. The number of halogens is 2. The van der Waals surface area contributed by atoms with Crippen LogP contribution in [0.2, 0.25) is 0 Å². The lowest BCUT2D eigenvalue weighted by Crippen LogP contribution is -2.44. The van der Waals surface area contributed by atoms with E-state index in [0.717, 1.165) is 85.4 Å². The molecule has 2 N–H and O–H groups in total. The van der Waals surface area contributed by atoms with Crippen molar-refractivity contribution in [2.24, 2.45) is 14.1 Å². The number of hydrogen-bond donors (Lipinski definition) is 2. The number of nitrogens with one attached hydrogen (secondary N) is 2. The SMILES string of the molecule is CC(=O)N1CCc2c(c(N3CCCc4cc(-c5cnn(C)c5)c(C(F)F)cc43)nn2C2CCN(C(=O)CCCCCCNc3cccc4c3n(C)c(=O)n4C3CCC(=O)NC3=O)CC2)C1. The van der Waals surface area contributed by atoms with Gasteiger partial charge in [-0.25, -0.2) is 13.6 Å². The lowest BCUT2D eigenvalue weighted by Gasteiger charge is -2.34. The second-order valence-corrected chi connectivity index (χ2v) is 18.0. The number of aromatic nitrogens is 6. The third kappa shape index (κ3) is 8.54. The van der Waals surface area contributed by atoms with Gasteiger partial charge in [0, 0.05) is 107 Å². The van der Waals surface area contributed by atoms with E-state index < -0.39 is 18.4 Å². The number of carbonyl (C=O) groups is 4. The number of fused-ring (bicyclic) bond motifs is 3. The number of aryl methyl sites for hydroxylation is 3. The van der Waals surface area contributed by atoms with E-state index >= 15 is 0 Å². The molecule has 5 aromatic rings. The fourth-order valence-electron chi connectivity index (χ4n) is 10.4. The summed E-state index contributed by atoms with van der Waals surface area (Å²) in [6.07, 6.45) is 8.85. The van der Waals surface area contributed by atoms with Crippen LogP contribution in [0.15, 0.2) is 47.5 Å². The molecule has 9 rings (SSSR count). The van der Waals surface area contributed by atoms with Gasteiger partial charge in [-0.05, 0) is 80.3 Å². The predicted octanol–water partition coefficient (Wildman–Crippen LogP) is 6.07. The third-order valence-electron chi connectivity index (χ3n) is 13.8. The van der Waals surface area contributed by atoms with Crippen LogP contribution in [-0.2, 0) is 52.7 Å². The standard InChI is InChI=1S/C47H57F2N11O5/c1-29(61)57-23-18-37-35(28-57)45(58-20-9-10-30-24-33(31-26-51-54(2)27-31)34(44(48)49)25-40(30)58)53-60(37)32-16-21-56(22-17-32)42(63)13-6-4-5-7-19-50-36-11-8-12-38-43(36)55(3)47(65)59(38)39-14-15-41(62)52-46(39)64/h8,11-12,24-27,32,39,44,50H,4-7,9-10,13-23,28H2,1-3H3,(H,52,62,64). The van der Waals surface area contributed by atoms with Gasteiger partial charge in [-0.1, -0.05) is 18.9 Å². The number of piperidine rings is 2. The zero-order chi connectivity index (χ0) is 45.5. The summed E-state index contributed by atoms with van der Waals surface area (Å²) in [5, 5.41) is 15.3. The first-order valence-electron chi connectivity index (χ1n) is 23.0. The van der Waals surface area contributed by atoms with Gasteiger partial charge in [0.15, 0.2) is 5.82 Å². The molecule has 0 radical (unpaired) electrons. The molecular formula is C47H57F2N11O5. The van der Waals surface area contributed by atoms with Crippen molar-refractivity contribution in [3.05, 3.63) is 75.6 Å². The number of anilines is 3. The van der Waals surface area contributed by atoms with Crippen LogP contribution in [0.1, 0.15) is 112 Å². The molecule has 2 fully saturated rings. The van der Waals surface area contributed by atoms with Gasteiger partial charge >= 0.3 is 5.69 Å². The van der Waals surface area contributed by atoms with Crippen molar-refractivity contribution in [1.82, 2.24) is 43.8 Å². The molecule has 0 spiro atoms. The monoisotopic (exact) mass is 893 g/mol. The third-order valence-corrected chi connectivity index (χ3v) is 13.8. The Kier molecular flexibility index (Phi) is 12.3. The normalized spacial score (nSPS) is 18.1. The molecule has 4 aliphatic rings. The highest BCUT2D eigenvalue weighted by molar-refractivity contribution is 6.00. The van der Waals surface area contributed by atoms with Crippen molar-refractivity contribution in [2.75, 3.05) is 42.9 Å². The minimum atomic E-state index is -2.68. The summed E-state index contributed by atoms with van der Waals surface area (Å²) in [7, 11) is 3.46. The van der Waals surface area contributed by atoms with Gasteiger partial charge in [-0.15, -0.1) is 0 Å². The van der Waals surface area contributed by atoms with Crippen LogP contribution >= 0.6 is 0 Å². The number of carbonyl (C=O) groups excluding carboxylic acids is 4. The van der Waals surface area contributed by atoms with E-state index in [0.29, 0.717) is 74.3 Å². The molecule has 0 saturated carbocycles. The van der Waals surface area contributed by atoms with Gasteiger partial charge in [0.2, 0.25) is 23.6 Å². The molecule has 0 bridgehead atoms. The van der Waals surface area contributed by atoms with E-state index in [1.807, 2.05) is 34.1 Å². The van der Waals surface area contributed by atoms with Gasteiger partial charge < -0.3 is 20.0 Å². The van der Waals surface area contributed by atoms with E-state index in [1.165, 1.54) is 4.57 Å². The summed E-state index contributed by atoms with van der Waals surface area (Å²) < 4.78 is 36.2. The van der Waals surface area contributed by atoms with Crippen LogP contribution in [0.4, 0.5) is 26.0 Å². The van der Waals surface area contributed by atoms with Crippen molar-refractivity contribution >= 4 is 51.9 Å². The van der Waals surface area contributed by atoms with Crippen molar-refractivity contribution in [3.63, 3.8) is 0 Å². The van der Waals surface area contributed by atoms with E-state index in [4.69, 9.17) is 5.10 Å². The van der Waals surface area contributed by atoms with Crippen LogP contribution in [0.25, 0.3) is 22.2 Å². The van der Waals surface area contributed by atoms with Gasteiger partial charge in [0.25, 0.3) is 6.43 Å². The minimum Gasteiger partial charge on any atom is -0.383 e. The number of para-hydroxylation sites is 1. The summed E-state index contributed by atoms with van der Waals surface area (Å²) in [6, 6.07) is 8.43. The number of unbranched alkanes of at least 4 members (excludes halogenated alkanes) is 3. The average molecular weight is 894 g/mol. The summed E-state index contributed by atoms with van der Waals surface area (Å²) >= 11 is 0. The topological polar surface area (TPSA) is 165 Å².